The van der Waals surface area contributed by atoms with Gasteiger partial charge in [0.1, 0.15) is 0 Å². The van der Waals surface area contributed by atoms with Crippen LogP contribution in [0.4, 0.5) is 0 Å². The van der Waals surface area contributed by atoms with Gasteiger partial charge in [0.2, 0.25) is 0 Å². The van der Waals surface area contributed by atoms with Crippen LogP contribution in [0.1, 0.15) is 33.1 Å². The van der Waals surface area contributed by atoms with E-state index in [1.807, 2.05) is 0 Å². The van der Waals surface area contributed by atoms with Crippen LogP contribution in [-0.4, -0.2) is 50.2 Å². The highest BCUT2D eigenvalue weighted by Gasteiger charge is 2.08. The van der Waals surface area contributed by atoms with E-state index in [9.17, 15) is 0 Å². The van der Waals surface area contributed by atoms with E-state index in [2.05, 4.69) is 29.4 Å². The Morgan fingerprint density at radius 3 is 1.73 bits per heavy atom. The maximum atomic E-state index is 3.50. The fourth-order valence-corrected chi connectivity index (χ4v) is 2.03. The van der Waals surface area contributed by atoms with Crippen molar-refractivity contribution in [1.82, 2.24) is 15.5 Å². The fourth-order valence-electron chi connectivity index (χ4n) is 2.03. The highest BCUT2D eigenvalue weighted by molar-refractivity contribution is 4.65. The van der Waals surface area contributed by atoms with Gasteiger partial charge >= 0.3 is 0 Å². The molecule has 2 N–H and O–H groups in total. The Labute approximate surface area is 94.6 Å². The second-order valence-corrected chi connectivity index (χ2v) is 4.69. The van der Waals surface area contributed by atoms with Crippen LogP contribution >= 0.6 is 0 Å². The average Bonchev–Trinajstić information content (AvgIpc) is 2.18. The van der Waals surface area contributed by atoms with Gasteiger partial charge in [0.15, 0.2) is 0 Å². The Morgan fingerprint density at radius 1 is 0.800 bits per heavy atom. The minimum Gasteiger partial charge on any atom is -0.317 e. The third-order valence-corrected chi connectivity index (χ3v) is 3.04. The van der Waals surface area contributed by atoms with Crippen LogP contribution in [0.2, 0.25) is 0 Å². The number of nitrogens with one attached hydrogen (secondary N) is 2. The predicted octanol–water partition coefficient (Wildman–Crippen LogP) is 1.06. The minimum absolute atomic E-state index is 0.688. The molecule has 1 fully saturated rings. The van der Waals surface area contributed by atoms with Crippen molar-refractivity contribution in [1.29, 1.82) is 0 Å². The summed E-state index contributed by atoms with van der Waals surface area (Å²) in [6.07, 6.45) is 3.82. The molecule has 3 nitrogen and oxygen atoms in total. The quantitative estimate of drug-likeness (QED) is 0.682. The van der Waals surface area contributed by atoms with Crippen molar-refractivity contribution in [2.75, 3.05) is 39.3 Å². The van der Waals surface area contributed by atoms with E-state index < -0.39 is 0 Å². The van der Waals surface area contributed by atoms with Crippen LogP contribution in [0, 0.1) is 0 Å². The normalized spacial score (nSPS) is 23.4. The number of hydrogen-bond acceptors (Lipinski definition) is 3. The fraction of sp³-hybridized carbons (Fsp3) is 1.00. The van der Waals surface area contributed by atoms with Gasteiger partial charge in [-0.05, 0) is 72.4 Å². The van der Waals surface area contributed by atoms with Gasteiger partial charge in [0.05, 0.1) is 0 Å². The van der Waals surface area contributed by atoms with E-state index >= 15 is 0 Å². The molecule has 0 aromatic rings. The molecule has 0 aromatic heterocycles. The molecule has 0 bridgehead atoms. The summed E-state index contributed by atoms with van der Waals surface area (Å²) in [4.78, 5) is 2.59. The molecule has 0 aromatic carbocycles. The lowest BCUT2D eigenvalue weighted by molar-refractivity contribution is 0.214. The molecule has 0 amide bonds. The minimum atomic E-state index is 0.688. The van der Waals surface area contributed by atoms with E-state index in [0.717, 1.165) is 13.1 Å². The molecular weight excluding hydrogens is 186 g/mol. The molecule has 0 aliphatic carbocycles. The van der Waals surface area contributed by atoms with E-state index in [4.69, 9.17) is 0 Å². The monoisotopic (exact) mass is 213 g/mol. The molecule has 1 rings (SSSR count). The topological polar surface area (TPSA) is 27.3 Å². The lowest BCUT2D eigenvalue weighted by atomic mass is 10.2. The van der Waals surface area contributed by atoms with Gasteiger partial charge in [0.25, 0.3) is 0 Å². The summed E-state index contributed by atoms with van der Waals surface area (Å²) < 4.78 is 0. The van der Waals surface area contributed by atoms with Gasteiger partial charge in [-0.15, -0.1) is 0 Å². The Balaban J connectivity index is 2.25. The number of nitrogens with zero attached hydrogens (tertiary/aromatic N) is 1. The first-order valence-electron chi connectivity index (χ1n) is 6.46. The third kappa shape index (κ3) is 6.13. The molecule has 0 unspecified atom stereocenters. The van der Waals surface area contributed by atoms with Crippen LogP contribution in [0.15, 0.2) is 0 Å². The Morgan fingerprint density at radius 2 is 1.27 bits per heavy atom. The summed E-state index contributed by atoms with van der Waals surface area (Å²) in [5.41, 5.74) is 0. The first kappa shape index (κ1) is 12.9. The first-order chi connectivity index (χ1) is 7.30. The molecule has 0 atom stereocenters. The summed E-state index contributed by atoms with van der Waals surface area (Å²) >= 11 is 0. The van der Waals surface area contributed by atoms with Crippen LogP contribution in [0.5, 0.6) is 0 Å². The molecule has 1 aliphatic heterocycles. The van der Waals surface area contributed by atoms with Crippen LogP contribution in [-0.2, 0) is 0 Å². The van der Waals surface area contributed by atoms with Crippen molar-refractivity contribution >= 4 is 0 Å². The zero-order valence-corrected chi connectivity index (χ0v) is 10.4. The predicted molar refractivity (Wildman–Crippen MR) is 66.3 cm³/mol. The summed E-state index contributed by atoms with van der Waals surface area (Å²) in [5.74, 6) is 0. The molecule has 1 saturated heterocycles. The molecule has 3 heteroatoms. The largest absolute Gasteiger partial charge is 0.317 e. The molecular formula is C12H27N3. The van der Waals surface area contributed by atoms with Gasteiger partial charge in [-0.2, -0.15) is 0 Å². The van der Waals surface area contributed by atoms with Crippen molar-refractivity contribution in [2.45, 2.75) is 39.2 Å². The standard InChI is InChI=1S/C12H27N3/c1-12(2)15-10-4-8-13-6-3-7-14-9-5-11-15/h12-14H,3-11H2,1-2H3. The molecule has 90 valence electrons. The zero-order valence-electron chi connectivity index (χ0n) is 10.4. The van der Waals surface area contributed by atoms with Gasteiger partial charge in [-0.1, -0.05) is 0 Å². The van der Waals surface area contributed by atoms with Crippen molar-refractivity contribution < 1.29 is 0 Å². The first-order valence-corrected chi connectivity index (χ1v) is 6.46. The van der Waals surface area contributed by atoms with E-state index in [1.165, 1.54) is 45.4 Å². The summed E-state index contributed by atoms with van der Waals surface area (Å²) in [6.45, 7) is 11.7. The molecule has 0 spiro atoms. The van der Waals surface area contributed by atoms with Crippen LogP contribution in [0.3, 0.4) is 0 Å². The van der Waals surface area contributed by atoms with Crippen molar-refractivity contribution in [3.63, 3.8) is 0 Å². The Kier molecular flexibility index (Phi) is 6.98. The third-order valence-electron chi connectivity index (χ3n) is 3.04. The zero-order chi connectivity index (χ0) is 10.9. The summed E-state index contributed by atoms with van der Waals surface area (Å²) in [6, 6.07) is 0.688. The van der Waals surface area contributed by atoms with Crippen LogP contribution in [0.25, 0.3) is 0 Å². The maximum absolute atomic E-state index is 3.50. The lowest BCUT2D eigenvalue weighted by Crippen LogP contribution is -2.36. The van der Waals surface area contributed by atoms with Crippen molar-refractivity contribution in [3.8, 4) is 0 Å². The van der Waals surface area contributed by atoms with Crippen molar-refractivity contribution in [3.05, 3.63) is 0 Å². The smallest absolute Gasteiger partial charge is 0.00386 e. The number of rotatable bonds is 1. The maximum Gasteiger partial charge on any atom is 0.00386 e. The van der Waals surface area contributed by atoms with E-state index in [0.29, 0.717) is 6.04 Å². The van der Waals surface area contributed by atoms with E-state index in [-0.39, 0.29) is 0 Å². The average molecular weight is 213 g/mol. The second kappa shape index (κ2) is 8.08. The molecule has 1 aliphatic rings. The Bertz CT molecular complexity index is 136. The van der Waals surface area contributed by atoms with Gasteiger partial charge in [-0.3, -0.25) is 0 Å². The lowest BCUT2D eigenvalue weighted by Gasteiger charge is -2.27. The summed E-state index contributed by atoms with van der Waals surface area (Å²) in [5, 5.41) is 6.99. The molecule has 0 radical (unpaired) electrons. The van der Waals surface area contributed by atoms with E-state index in [1.54, 1.807) is 0 Å². The highest BCUT2D eigenvalue weighted by atomic mass is 15.1. The second-order valence-electron chi connectivity index (χ2n) is 4.69. The highest BCUT2D eigenvalue weighted by Crippen LogP contribution is 2.01. The SMILES string of the molecule is CC(C)N1CCCNCCCNCCC1. The van der Waals surface area contributed by atoms with Crippen LogP contribution < -0.4 is 10.6 Å². The van der Waals surface area contributed by atoms with Gasteiger partial charge in [-0.25, -0.2) is 0 Å². The summed E-state index contributed by atoms with van der Waals surface area (Å²) in [7, 11) is 0. The molecule has 15 heavy (non-hydrogen) atoms. The van der Waals surface area contributed by atoms with Crippen molar-refractivity contribution in [2.24, 2.45) is 0 Å². The number of hydrogen-bond donors (Lipinski definition) is 2. The van der Waals surface area contributed by atoms with Gasteiger partial charge < -0.3 is 15.5 Å². The molecule has 1 heterocycles. The van der Waals surface area contributed by atoms with Gasteiger partial charge in [0, 0.05) is 6.04 Å². The Hall–Kier alpha value is -0.120. The molecule has 0 saturated carbocycles.